The van der Waals surface area contributed by atoms with E-state index < -0.39 is 0 Å². The number of benzene rings is 1. The molecule has 0 amide bonds. The lowest BCUT2D eigenvalue weighted by atomic mass is 10.0. The molecule has 2 aromatic rings. The van der Waals surface area contributed by atoms with E-state index in [4.69, 9.17) is 21.1 Å². The number of ether oxygens (including phenoxy) is 2. The van der Waals surface area contributed by atoms with Crippen LogP contribution in [0.15, 0.2) is 29.0 Å². The van der Waals surface area contributed by atoms with Crippen LogP contribution in [0, 0.1) is 12.8 Å². The summed E-state index contributed by atoms with van der Waals surface area (Å²) in [4.78, 5) is 0. The van der Waals surface area contributed by atoms with Crippen LogP contribution in [0.5, 0.6) is 11.5 Å². The average Bonchev–Trinajstić information content (AvgIpc) is 2.79. The molecule has 0 aliphatic carbocycles. The highest BCUT2D eigenvalue weighted by molar-refractivity contribution is 7.08. The Hall–Kier alpha value is -1.19. The van der Waals surface area contributed by atoms with Crippen LogP contribution in [0.4, 0.5) is 0 Å². The van der Waals surface area contributed by atoms with Gasteiger partial charge in [0.25, 0.3) is 0 Å². The van der Waals surface area contributed by atoms with Gasteiger partial charge in [0, 0.05) is 5.92 Å². The fraction of sp³-hybridized carbons (Fsp3) is 0.375. The van der Waals surface area contributed by atoms with Crippen molar-refractivity contribution in [3.63, 3.8) is 0 Å². The monoisotopic (exact) mass is 308 g/mol. The molecule has 2 nitrogen and oxygen atoms in total. The van der Waals surface area contributed by atoms with Gasteiger partial charge in [-0.1, -0.05) is 13.0 Å². The van der Waals surface area contributed by atoms with Gasteiger partial charge in [0.15, 0.2) is 11.5 Å². The molecule has 1 aromatic heterocycles. The van der Waals surface area contributed by atoms with E-state index in [-0.39, 0.29) is 5.38 Å². The molecule has 3 rings (SSSR count). The van der Waals surface area contributed by atoms with Gasteiger partial charge in [-0.3, -0.25) is 0 Å². The maximum atomic E-state index is 6.60. The van der Waals surface area contributed by atoms with Crippen molar-refractivity contribution in [2.75, 3.05) is 13.2 Å². The van der Waals surface area contributed by atoms with Crippen LogP contribution in [-0.2, 0) is 0 Å². The summed E-state index contributed by atoms with van der Waals surface area (Å²) in [5, 5.41) is 4.09. The highest BCUT2D eigenvalue weighted by Crippen LogP contribution is 2.38. The van der Waals surface area contributed by atoms with Gasteiger partial charge in [0.1, 0.15) is 0 Å². The second-order valence-corrected chi connectivity index (χ2v) is 6.49. The zero-order valence-corrected chi connectivity index (χ0v) is 13.1. The molecule has 20 heavy (non-hydrogen) atoms. The molecule has 1 aliphatic heterocycles. The van der Waals surface area contributed by atoms with Crippen molar-refractivity contribution in [1.82, 2.24) is 0 Å². The third-order valence-electron chi connectivity index (χ3n) is 3.48. The summed E-state index contributed by atoms with van der Waals surface area (Å²) in [7, 11) is 0. The van der Waals surface area contributed by atoms with Crippen LogP contribution < -0.4 is 9.47 Å². The number of thiophene rings is 1. The van der Waals surface area contributed by atoms with Crippen molar-refractivity contribution in [2.45, 2.75) is 19.2 Å². The zero-order valence-electron chi connectivity index (χ0n) is 11.6. The van der Waals surface area contributed by atoms with Crippen LogP contribution >= 0.6 is 22.9 Å². The molecular formula is C16H17ClO2S. The molecule has 1 aromatic carbocycles. The van der Waals surface area contributed by atoms with Crippen LogP contribution in [-0.4, -0.2) is 13.2 Å². The van der Waals surface area contributed by atoms with Gasteiger partial charge in [0.05, 0.1) is 18.6 Å². The third-order valence-corrected chi connectivity index (χ3v) is 4.84. The van der Waals surface area contributed by atoms with Crippen LogP contribution in [0.1, 0.15) is 29.0 Å². The van der Waals surface area contributed by atoms with E-state index in [1.54, 1.807) is 11.3 Å². The molecule has 0 saturated carbocycles. The smallest absolute Gasteiger partial charge is 0.161 e. The lowest BCUT2D eigenvalue weighted by molar-refractivity contribution is 0.228. The maximum absolute atomic E-state index is 6.60. The zero-order chi connectivity index (χ0) is 14.1. The minimum Gasteiger partial charge on any atom is -0.489 e. The van der Waals surface area contributed by atoms with E-state index in [1.807, 2.05) is 18.2 Å². The lowest BCUT2D eigenvalue weighted by Gasteiger charge is -2.13. The molecule has 106 valence electrons. The number of hydrogen-bond acceptors (Lipinski definition) is 3. The molecule has 2 unspecified atom stereocenters. The quantitative estimate of drug-likeness (QED) is 0.742. The molecular weight excluding hydrogens is 292 g/mol. The summed E-state index contributed by atoms with van der Waals surface area (Å²) in [6.45, 7) is 5.58. The Balaban J connectivity index is 1.91. The van der Waals surface area contributed by atoms with E-state index in [0.717, 1.165) is 17.1 Å². The number of aryl methyl sites for hydroxylation is 1. The minimum atomic E-state index is -0.143. The first kappa shape index (κ1) is 13.8. The molecule has 0 fully saturated rings. The number of hydrogen-bond donors (Lipinski definition) is 0. The molecule has 0 bridgehead atoms. The van der Waals surface area contributed by atoms with Crippen molar-refractivity contribution in [3.05, 3.63) is 45.6 Å². The van der Waals surface area contributed by atoms with E-state index in [9.17, 15) is 0 Å². The second kappa shape index (κ2) is 5.66. The number of halogens is 1. The summed E-state index contributed by atoms with van der Waals surface area (Å²) in [6.07, 6.45) is 0. The molecule has 0 radical (unpaired) electrons. The van der Waals surface area contributed by atoms with Crippen molar-refractivity contribution in [2.24, 2.45) is 5.92 Å². The van der Waals surface area contributed by atoms with Crippen molar-refractivity contribution in [1.29, 1.82) is 0 Å². The SMILES string of the molecule is Cc1cscc1C(Cl)c1ccc2c(c1)OCC(C)CO2. The molecule has 0 saturated heterocycles. The highest BCUT2D eigenvalue weighted by atomic mass is 35.5. The molecule has 2 atom stereocenters. The fourth-order valence-corrected chi connectivity index (χ4v) is 3.56. The van der Waals surface area contributed by atoms with Crippen molar-refractivity contribution >= 4 is 22.9 Å². The maximum Gasteiger partial charge on any atom is 0.161 e. The molecule has 4 heteroatoms. The predicted octanol–water partition coefficient (Wildman–Crippen LogP) is 4.79. The minimum absolute atomic E-state index is 0.143. The highest BCUT2D eigenvalue weighted by Gasteiger charge is 2.19. The van der Waals surface area contributed by atoms with Crippen LogP contribution in [0.3, 0.4) is 0 Å². The summed E-state index contributed by atoms with van der Waals surface area (Å²) in [5.74, 6) is 2.01. The van der Waals surface area contributed by atoms with Gasteiger partial charge in [-0.15, -0.1) is 11.6 Å². The molecule has 0 spiro atoms. The first-order valence-corrected chi connectivity index (χ1v) is 8.09. The van der Waals surface area contributed by atoms with Crippen molar-refractivity contribution in [3.8, 4) is 11.5 Å². The van der Waals surface area contributed by atoms with E-state index in [1.165, 1.54) is 11.1 Å². The Morgan fingerprint density at radius 1 is 1.20 bits per heavy atom. The Kier molecular flexibility index (Phi) is 3.90. The van der Waals surface area contributed by atoms with Crippen LogP contribution in [0.25, 0.3) is 0 Å². The van der Waals surface area contributed by atoms with E-state index >= 15 is 0 Å². The first-order chi connectivity index (χ1) is 9.65. The Morgan fingerprint density at radius 3 is 2.65 bits per heavy atom. The Morgan fingerprint density at radius 2 is 1.95 bits per heavy atom. The summed E-state index contributed by atoms with van der Waals surface area (Å²) >= 11 is 8.28. The molecule has 1 aliphatic rings. The second-order valence-electron chi connectivity index (χ2n) is 5.31. The van der Waals surface area contributed by atoms with Gasteiger partial charge in [-0.05, 0) is 46.5 Å². The lowest BCUT2D eigenvalue weighted by Crippen LogP contribution is -2.12. The molecule has 0 N–H and O–H groups in total. The fourth-order valence-electron chi connectivity index (χ4n) is 2.24. The Bertz CT molecular complexity index is 608. The van der Waals surface area contributed by atoms with Gasteiger partial charge >= 0.3 is 0 Å². The van der Waals surface area contributed by atoms with Gasteiger partial charge in [-0.2, -0.15) is 11.3 Å². The number of alkyl halides is 1. The summed E-state index contributed by atoms with van der Waals surface area (Å²) in [6, 6.07) is 5.98. The van der Waals surface area contributed by atoms with Gasteiger partial charge in [0.2, 0.25) is 0 Å². The first-order valence-electron chi connectivity index (χ1n) is 6.71. The largest absolute Gasteiger partial charge is 0.489 e. The van der Waals surface area contributed by atoms with Gasteiger partial charge < -0.3 is 9.47 Å². The normalized spacial score (nSPS) is 19.4. The van der Waals surface area contributed by atoms with Crippen molar-refractivity contribution < 1.29 is 9.47 Å². The number of fused-ring (bicyclic) bond motifs is 1. The molecule has 2 heterocycles. The Labute approximate surface area is 128 Å². The standard InChI is InChI=1S/C16H17ClO2S/c1-10-6-18-14-4-3-12(5-15(14)19-7-10)16(17)13-9-20-8-11(13)2/h3-5,8-10,16H,6-7H2,1-2H3. The predicted molar refractivity (Wildman–Crippen MR) is 83.3 cm³/mol. The summed E-state index contributed by atoms with van der Waals surface area (Å²) < 4.78 is 11.6. The van der Waals surface area contributed by atoms with Crippen LogP contribution in [0.2, 0.25) is 0 Å². The van der Waals surface area contributed by atoms with Gasteiger partial charge in [-0.25, -0.2) is 0 Å². The number of rotatable bonds is 2. The average molecular weight is 309 g/mol. The summed E-state index contributed by atoms with van der Waals surface area (Å²) in [5.41, 5.74) is 3.44. The third kappa shape index (κ3) is 2.65. The topological polar surface area (TPSA) is 18.5 Å². The van der Waals surface area contributed by atoms with E-state index in [0.29, 0.717) is 19.1 Å². The van der Waals surface area contributed by atoms with E-state index in [2.05, 4.69) is 24.6 Å².